The highest BCUT2D eigenvalue weighted by molar-refractivity contribution is 6.07. The second-order valence-corrected chi connectivity index (χ2v) is 8.71. The van der Waals surface area contributed by atoms with Gasteiger partial charge in [0.25, 0.3) is 11.5 Å². The summed E-state index contributed by atoms with van der Waals surface area (Å²) in [4.78, 5) is 54.6. The summed E-state index contributed by atoms with van der Waals surface area (Å²) in [7, 11) is 1.54. The topological polar surface area (TPSA) is 140 Å². The molecule has 10 heteroatoms. The summed E-state index contributed by atoms with van der Waals surface area (Å²) in [6.45, 7) is 0.631. The molecule has 1 fully saturated rings. The van der Waals surface area contributed by atoms with E-state index in [0.29, 0.717) is 24.3 Å². The smallest absolute Gasteiger partial charge is 0.330 e. The molecule has 1 heterocycles. The fraction of sp³-hybridized carbons (Fsp3) is 0.308. The molecule has 0 aliphatic heterocycles. The van der Waals surface area contributed by atoms with Gasteiger partial charge in [-0.3, -0.25) is 23.9 Å². The van der Waals surface area contributed by atoms with Gasteiger partial charge in [0.1, 0.15) is 5.82 Å². The first-order valence-electron chi connectivity index (χ1n) is 11.8. The number of aromatic nitrogens is 2. The van der Waals surface area contributed by atoms with Gasteiger partial charge in [-0.25, -0.2) is 4.79 Å². The molecule has 10 nitrogen and oxygen atoms in total. The number of ether oxygens (including phenoxy) is 1. The average molecular weight is 492 g/mol. The van der Waals surface area contributed by atoms with Gasteiger partial charge < -0.3 is 20.7 Å². The summed E-state index contributed by atoms with van der Waals surface area (Å²) in [5, 5.41) is 2.83. The van der Waals surface area contributed by atoms with Crippen LogP contribution in [0.4, 0.5) is 17.2 Å². The molecule has 1 saturated carbocycles. The zero-order chi connectivity index (χ0) is 25.7. The molecule has 0 unspecified atom stereocenters. The van der Waals surface area contributed by atoms with Crippen molar-refractivity contribution < 1.29 is 14.3 Å². The number of hydrogen-bond donors (Lipinski definition) is 3. The Kier molecular flexibility index (Phi) is 7.65. The molecular formula is C26H29N5O5. The Morgan fingerprint density at radius 1 is 1.11 bits per heavy atom. The van der Waals surface area contributed by atoms with Crippen LogP contribution in [0.15, 0.2) is 64.2 Å². The third kappa shape index (κ3) is 5.72. The van der Waals surface area contributed by atoms with Crippen molar-refractivity contribution >= 4 is 29.0 Å². The lowest BCUT2D eigenvalue weighted by atomic mass is 10.1. The molecular weight excluding hydrogens is 462 g/mol. The summed E-state index contributed by atoms with van der Waals surface area (Å²) >= 11 is 0. The molecule has 1 aliphatic carbocycles. The van der Waals surface area contributed by atoms with Crippen LogP contribution >= 0.6 is 0 Å². The third-order valence-corrected chi connectivity index (χ3v) is 5.99. The fourth-order valence-electron chi connectivity index (χ4n) is 3.88. The van der Waals surface area contributed by atoms with Crippen molar-refractivity contribution in [2.24, 2.45) is 5.92 Å². The van der Waals surface area contributed by atoms with Gasteiger partial charge >= 0.3 is 5.69 Å². The molecule has 4 N–H and O–H groups in total. The van der Waals surface area contributed by atoms with Gasteiger partial charge in [-0.2, -0.15) is 0 Å². The summed E-state index contributed by atoms with van der Waals surface area (Å²) in [5.41, 5.74) is 6.53. The SMILES string of the molecule is COCCCN(C(=O)c1ccc(NC(=O)C2CC2)cc1)c1c(N)n(Cc2ccccc2)c(=O)[nH]c1=O. The number of aromatic amines is 1. The molecule has 3 aromatic rings. The molecule has 1 aliphatic rings. The molecule has 188 valence electrons. The van der Waals surface area contributed by atoms with Crippen LogP contribution in [0.3, 0.4) is 0 Å². The minimum Gasteiger partial charge on any atom is -0.385 e. The fourth-order valence-corrected chi connectivity index (χ4v) is 3.88. The molecule has 2 amide bonds. The predicted molar refractivity (Wildman–Crippen MR) is 137 cm³/mol. The van der Waals surface area contributed by atoms with Gasteiger partial charge in [0, 0.05) is 37.4 Å². The molecule has 36 heavy (non-hydrogen) atoms. The number of benzene rings is 2. The maximum absolute atomic E-state index is 13.6. The molecule has 0 atom stereocenters. The Bertz CT molecular complexity index is 1340. The van der Waals surface area contributed by atoms with Crippen molar-refractivity contribution in [3.63, 3.8) is 0 Å². The van der Waals surface area contributed by atoms with Crippen LogP contribution < -0.4 is 27.2 Å². The molecule has 0 saturated heterocycles. The van der Waals surface area contributed by atoms with Crippen molar-refractivity contribution in [2.75, 3.05) is 36.2 Å². The minimum atomic E-state index is -0.749. The highest BCUT2D eigenvalue weighted by Crippen LogP contribution is 2.30. The second kappa shape index (κ2) is 11.0. The number of rotatable bonds is 10. The van der Waals surface area contributed by atoms with Gasteiger partial charge in [-0.05, 0) is 49.1 Å². The first-order chi connectivity index (χ1) is 17.4. The van der Waals surface area contributed by atoms with Gasteiger partial charge in [0.2, 0.25) is 5.91 Å². The van der Waals surface area contributed by atoms with Crippen molar-refractivity contribution in [1.29, 1.82) is 0 Å². The van der Waals surface area contributed by atoms with Crippen LogP contribution in [0.25, 0.3) is 0 Å². The van der Waals surface area contributed by atoms with Crippen molar-refractivity contribution in [1.82, 2.24) is 9.55 Å². The van der Waals surface area contributed by atoms with E-state index in [9.17, 15) is 19.2 Å². The highest BCUT2D eigenvalue weighted by atomic mass is 16.5. The number of carbonyl (C=O) groups excluding carboxylic acids is 2. The zero-order valence-electron chi connectivity index (χ0n) is 20.0. The largest absolute Gasteiger partial charge is 0.385 e. The molecule has 0 spiro atoms. The molecule has 1 aromatic heterocycles. The first-order valence-corrected chi connectivity index (χ1v) is 11.8. The number of anilines is 3. The number of amides is 2. The normalized spacial score (nSPS) is 12.8. The lowest BCUT2D eigenvalue weighted by molar-refractivity contribution is -0.117. The van der Waals surface area contributed by atoms with Gasteiger partial charge in [0.15, 0.2) is 5.69 Å². The summed E-state index contributed by atoms with van der Waals surface area (Å²) in [5.74, 6) is -0.543. The summed E-state index contributed by atoms with van der Waals surface area (Å²) < 4.78 is 6.36. The highest BCUT2D eigenvalue weighted by Gasteiger charge is 2.30. The van der Waals surface area contributed by atoms with Crippen LogP contribution in [-0.4, -0.2) is 41.6 Å². The number of nitrogens with two attached hydrogens (primary N) is 1. The van der Waals surface area contributed by atoms with Gasteiger partial charge in [-0.1, -0.05) is 30.3 Å². The maximum Gasteiger partial charge on any atom is 0.330 e. The van der Waals surface area contributed by atoms with Crippen LogP contribution in [0, 0.1) is 5.92 Å². The summed E-state index contributed by atoms with van der Waals surface area (Å²) in [6.07, 6.45) is 2.22. The number of methoxy groups -OCH3 is 1. The number of hydrogen-bond acceptors (Lipinski definition) is 6. The molecule has 2 aromatic carbocycles. The quantitative estimate of drug-likeness (QED) is 0.372. The van der Waals surface area contributed by atoms with E-state index in [0.717, 1.165) is 18.4 Å². The summed E-state index contributed by atoms with van der Waals surface area (Å²) in [6, 6.07) is 15.6. The van der Waals surface area contributed by atoms with Gasteiger partial charge in [-0.15, -0.1) is 0 Å². The molecule has 0 radical (unpaired) electrons. The van der Waals surface area contributed by atoms with Crippen molar-refractivity contribution in [3.05, 3.63) is 86.6 Å². The first kappa shape index (κ1) is 24.9. The van der Waals surface area contributed by atoms with E-state index < -0.39 is 17.2 Å². The van der Waals surface area contributed by atoms with Crippen LogP contribution in [0.5, 0.6) is 0 Å². The lowest BCUT2D eigenvalue weighted by Gasteiger charge is -2.25. The standard InChI is InChI=1S/C26H29N5O5/c1-36-15-5-14-30(25(34)19-10-12-20(13-11-19)28-23(32)18-8-9-18)21-22(27)31(26(35)29-24(21)33)16-17-6-3-2-4-7-17/h2-4,6-7,10-13,18H,5,8-9,14-16,27H2,1H3,(H,28,32)(H,29,33,35). The number of H-pyrrole nitrogens is 1. The lowest BCUT2D eigenvalue weighted by Crippen LogP contribution is -2.42. The van der Waals surface area contributed by atoms with E-state index in [4.69, 9.17) is 10.5 Å². The van der Waals surface area contributed by atoms with E-state index in [1.807, 2.05) is 30.3 Å². The zero-order valence-corrected chi connectivity index (χ0v) is 20.0. The van der Waals surface area contributed by atoms with E-state index in [-0.39, 0.29) is 36.4 Å². The van der Waals surface area contributed by atoms with E-state index in [1.165, 1.54) is 9.47 Å². The second-order valence-electron chi connectivity index (χ2n) is 8.71. The predicted octanol–water partition coefficient (Wildman–Crippen LogP) is 2.20. The number of carbonyl (C=O) groups is 2. The number of nitrogens with one attached hydrogen (secondary N) is 2. The van der Waals surface area contributed by atoms with E-state index in [1.54, 1.807) is 31.4 Å². The Morgan fingerprint density at radius 3 is 2.44 bits per heavy atom. The Labute approximate surface area is 207 Å². The Morgan fingerprint density at radius 2 is 1.81 bits per heavy atom. The Balaban J connectivity index is 1.66. The number of nitrogens with zero attached hydrogens (tertiary/aromatic N) is 2. The average Bonchev–Trinajstić information content (AvgIpc) is 3.72. The number of nitrogen functional groups attached to an aromatic ring is 1. The molecule has 4 rings (SSSR count). The van der Waals surface area contributed by atoms with Crippen molar-refractivity contribution in [2.45, 2.75) is 25.8 Å². The van der Waals surface area contributed by atoms with Crippen LogP contribution in [0.1, 0.15) is 35.2 Å². The van der Waals surface area contributed by atoms with Crippen LogP contribution in [-0.2, 0) is 16.1 Å². The minimum absolute atomic E-state index is 0.0322. The van der Waals surface area contributed by atoms with Crippen LogP contribution in [0.2, 0.25) is 0 Å². The monoisotopic (exact) mass is 491 g/mol. The molecule has 0 bridgehead atoms. The van der Waals surface area contributed by atoms with Gasteiger partial charge in [0.05, 0.1) is 6.54 Å². The maximum atomic E-state index is 13.6. The van der Waals surface area contributed by atoms with E-state index in [2.05, 4.69) is 10.3 Å². The Hall–Kier alpha value is -4.18. The van der Waals surface area contributed by atoms with Crippen molar-refractivity contribution in [3.8, 4) is 0 Å². The third-order valence-electron chi connectivity index (χ3n) is 5.99. The van der Waals surface area contributed by atoms with E-state index >= 15 is 0 Å².